The molecule has 4 atom stereocenters. The van der Waals surface area contributed by atoms with Crippen LogP contribution < -0.4 is 5.32 Å². The third kappa shape index (κ3) is 3.38. The van der Waals surface area contributed by atoms with Crippen molar-refractivity contribution in [3.8, 4) is 0 Å². The van der Waals surface area contributed by atoms with E-state index in [0.717, 1.165) is 37.5 Å². The molecule has 4 fully saturated rings. The highest BCUT2D eigenvalue weighted by Gasteiger charge is 2.63. The molecular formula is C30H37FN4. The predicted molar refractivity (Wildman–Crippen MR) is 141 cm³/mol. The first-order valence-corrected chi connectivity index (χ1v) is 13.7. The van der Waals surface area contributed by atoms with Crippen LogP contribution in [-0.4, -0.2) is 58.2 Å². The maximum atomic E-state index is 14.6. The minimum atomic E-state index is -0.811. The monoisotopic (exact) mass is 472 g/mol. The molecule has 0 radical (unpaired) electrons. The number of alkyl halides is 1. The van der Waals surface area contributed by atoms with E-state index in [1.807, 2.05) is 0 Å². The second-order valence-corrected chi connectivity index (χ2v) is 11.8. The van der Waals surface area contributed by atoms with Gasteiger partial charge in [0.1, 0.15) is 6.17 Å². The second-order valence-electron chi connectivity index (χ2n) is 11.8. The molecule has 184 valence electrons. The van der Waals surface area contributed by atoms with E-state index in [1.54, 1.807) is 0 Å². The topological polar surface area (TPSA) is 34.3 Å². The van der Waals surface area contributed by atoms with Crippen molar-refractivity contribution in [1.82, 2.24) is 14.8 Å². The van der Waals surface area contributed by atoms with Gasteiger partial charge in [-0.1, -0.05) is 37.3 Å². The van der Waals surface area contributed by atoms with Crippen LogP contribution in [0.3, 0.4) is 0 Å². The summed E-state index contributed by atoms with van der Waals surface area (Å²) in [5.41, 5.74) is 6.87. The van der Waals surface area contributed by atoms with Gasteiger partial charge in [0.2, 0.25) is 0 Å². The Hall–Kier alpha value is -2.37. The number of hydrogen-bond acceptors (Lipinski definition) is 3. The number of nitrogens with zero attached hydrogens (tertiary/aromatic N) is 2. The van der Waals surface area contributed by atoms with Crippen LogP contribution in [0.1, 0.15) is 62.4 Å². The van der Waals surface area contributed by atoms with Crippen LogP contribution in [0.5, 0.6) is 0 Å². The molecular weight excluding hydrogens is 435 g/mol. The molecule has 2 N–H and O–H groups in total. The predicted octanol–water partition coefficient (Wildman–Crippen LogP) is 5.90. The number of benzene rings is 2. The minimum Gasteiger partial charge on any atom is -0.378 e. The molecule has 0 spiro atoms. The Balaban J connectivity index is 1.21. The van der Waals surface area contributed by atoms with Gasteiger partial charge in [0.25, 0.3) is 0 Å². The molecule has 3 saturated carbocycles. The van der Waals surface area contributed by atoms with Gasteiger partial charge >= 0.3 is 0 Å². The van der Waals surface area contributed by atoms with Crippen LogP contribution in [-0.2, 0) is 6.42 Å². The number of anilines is 1. The fourth-order valence-electron chi connectivity index (χ4n) is 7.73. The number of likely N-dealkylation sites (tertiary alicyclic amines) is 1. The van der Waals surface area contributed by atoms with E-state index in [1.165, 1.54) is 47.0 Å². The minimum absolute atomic E-state index is 0.125. The highest BCUT2D eigenvalue weighted by atomic mass is 19.1. The summed E-state index contributed by atoms with van der Waals surface area (Å²) >= 11 is 0. The molecule has 5 heteroatoms. The maximum absolute atomic E-state index is 14.6. The normalized spacial score (nSPS) is 34.4. The lowest BCUT2D eigenvalue weighted by atomic mass is 9.48. The summed E-state index contributed by atoms with van der Waals surface area (Å²) in [4.78, 5) is 8.92. The van der Waals surface area contributed by atoms with Crippen LogP contribution >= 0.6 is 0 Å². The van der Waals surface area contributed by atoms with Crippen LogP contribution in [0.4, 0.5) is 10.1 Å². The summed E-state index contributed by atoms with van der Waals surface area (Å²) in [6.45, 7) is 6.89. The van der Waals surface area contributed by atoms with Gasteiger partial charge in [-0.2, -0.15) is 0 Å². The maximum Gasteiger partial charge on any atom is 0.134 e. The highest BCUT2D eigenvalue weighted by molar-refractivity contribution is 5.85. The molecule has 2 aromatic carbocycles. The van der Waals surface area contributed by atoms with Crippen molar-refractivity contribution >= 4 is 16.6 Å². The third-order valence-corrected chi connectivity index (χ3v) is 9.37. The molecule has 5 aliphatic rings. The van der Waals surface area contributed by atoms with Crippen LogP contribution in [0, 0.1) is 5.92 Å². The zero-order chi connectivity index (χ0) is 23.7. The van der Waals surface area contributed by atoms with Gasteiger partial charge < -0.3 is 10.3 Å². The lowest BCUT2D eigenvalue weighted by molar-refractivity contribution is -0.174. The lowest BCUT2D eigenvalue weighted by Crippen LogP contribution is -2.71. The van der Waals surface area contributed by atoms with Crippen molar-refractivity contribution in [2.24, 2.45) is 5.92 Å². The van der Waals surface area contributed by atoms with E-state index in [-0.39, 0.29) is 12.1 Å². The van der Waals surface area contributed by atoms with Gasteiger partial charge in [-0.3, -0.25) is 9.80 Å². The number of aromatic amines is 1. The number of aromatic nitrogens is 1. The average molecular weight is 473 g/mol. The second kappa shape index (κ2) is 8.07. The molecule has 8 rings (SSSR count). The SMILES string of the molecule is CCCN1C[C@@H](F)[C@@H](Nc2ccc([C@@H]3c4[nH]c5ccccc5c4C[C@@H](C)N3C34CC(C3)C4)cc2)C1. The number of H-pyrrole nitrogens is 1. The van der Waals surface area contributed by atoms with Gasteiger partial charge in [-0.15, -0.1) is 0 Å². The van der Waals surface area contributed by atoms with E-state index in [0.29, 0.717) is 18.1 Å². The Morgan fingerprint density at radius 3 is 2.54 bits per heavy atom. The standard InChI is InChI=1S/C30H37FN4/c1-3-12-34-17-25(31)27(18-34)32-22-10-8-21(9-11-22)29-28-24(23-6-4-5-7-26(23)33-28)13-19(2)35(29)30-14-20(15-30)16-30/h4-11,19-20,25,27,29,32-33H,3,12-18H2,1-2H3/t19-,20?,25-,27+,29-,30?/m1/s1. The summed E-state index contributed by atoms with van der Waals surface area (Å²) < 4.78 is 14.6. The molecule has 3 heterocycles. The molecule has 1 saturated heterocycles. The quantitative estimate of drug-likeness (QED) is 0.469. The molecule has 4 nitrogen and oxygen atoms in total. The number of nitrogens with one attached hydrogen (secondary N) is 2. The average Bonchev–Trinajstić information content (AvgIpc) is 3.33. The number of hydrogen-bond donors (Lipinski definition) is 2. The Morgan fingerprint density at radius 2 is 1.83 bits per heavy atom. The van der Waals surface area contributed by atoms with E-state index >= 15 is 0 Å². The van der Waals surface area contributed by atoms with Crippen LogP contribution in [0.2, 0.25) is 0 Å². The zero-order valence-electron chi connectivity index (χ0n) is 20.9. The van der Waals surface area contributed by atoms with Crippen molar-refractivity contribution in [2.75, 3.05) is 25.0 Å². The zero-order valence-corrected chi connectivity index (χ0v) is 20.9. The Labute approximate surface area is 207 Å². The van der Waals surface area contributed by atoms with Gasteiger partial charge in [-0.25, -0.2) is 4.39 Å². The van der Waals surface area contributed by atoms with Crippen molar-refractivity contribution in [3.05, 3.63) is 65.4 Å². The Bertz CT molecular complexity index is 1220. The lowest BCUT2D eigenvalue weighted by Gasteiger charge is -2.70. The summed E-state index contributed by atoms with van der Waals surface area (Å²) in [5.74, 6) is 0.950. The first kappa shape index (κ1) is 21.9. The highest BCUT2D eigenvalue weighted by Crippen LogP contribution is 2.64. The van der Waals surface area contributed by atoms with E-state index in [2.05, 4.69) is 82.5 Å². The summed E-state index contributed by atoms with van der Waals surface area (Å²) in [6, 6.07) is 18.3. The molecule has 0 unspecified atom stereocenters. The molecule has 3 aromatic rings. The fourth-order valence-corrected chi connectivity index (χ4v) is 7.73. The van der Waals surface area contributed by atoms with Crippen molar-refractivity contribution in [2.45, 2.75) is 75.8 Å². The Kier molecular flexibility index (Phi) is 5.05. The number of para-hydroxylation sites is 1. The van der Waals surface area contributed by atoms with Crippen LogP contribution in [0.15, 0.2) is 48.5 Å². The van der Waals surface area contributed by atoms with Gasteiger partial charge in [-0.05, 0) is 80.8 Å². The molecule has 3 aliphatic carbocycles. The van der Waals surface area contributed by atoms with Crippen molar-refractivity contribution < 1.29 is 4.39 Å². The summed E-state index contributed by atoms with van der Waals surface area (Å²) in [5, 5.41) is 4.87. The van der Waals surface area contributed by atoms with Gasteiger partial charge in [0.15, 0.2) is 0 Å². The van der Waals surface area contributed by atoms with Crippen molar-refractivity contribution in [1.29, 1.82) is 0 Å². The number of halogens is 1. The largest absolute Gasteiger partial charge is 0.378 e. The molecule has 0 amide bonds. The van der Waals surface area contributed by atoms with E-state index in [9.17, 15) is 4.39 Å². The van der Waals surface area contributed by atoms with E-state index < -0.39 is 6.17 Å². The van der Waals surface area contributed by atoms with Gasteiger partial charge in [0.05, 0.1) is 12.1 Å². The van der Waals surface area contributed by atoms with Crippen molar-refractivity contribution in [3.63, 3.8) is 0 Å². The molecule has 2 aliphatic heterocycles. The molecule has 35 heavy (non-hydrogen) atoms. The summed E-state index contributed by atoms with van der Waals surface area (Å²) in [6.07, 6.45) is 5.44. The van der Waals surface area contributed by atoms with Crippen LogP contribution in [0.25, 0.3) is 10.9 Å². The van der Waals surface area contributed by atoms with Gasteiger partial charge in [0, 0.05) is 47.0 Å². The summed E-state index contributed by atoms with van der Waals surface area (Å²) in [7, 11) is 0. The number of fused-ring (bicyclic) bond motifs is 3. The first-order chi connectivity index (χ1) is 17.0. The fraction of sp³-hybridized carbons (Fsp3) is 0.533. The molecule has 1 aromatic heterocycles. The molecule has 2 bridgehead atoms. The third-order valence-electron chi connectivity index (χ3n) is 9.37. The first-order valence-electron chi connectivity index (χ1n) is 13.7. The smallest absolute Gasteiger partial charge is 0.134 e. The Morgan fingerprint density at radius 1 is 1.06 bits per heavy atom. The number of rotatable bonds is 6. The van der Waals surface area contributed by atoms with E-state index in [4.69, 9.17) is 0 Å².